The van der Waals surface area contributed by atoms with Crippen molar-refractivity contribution in [2.75, 3.05) is 11.4 Å². The fourth-order valence-corrected chi connectivity index (χ4v) is 3.46. The molecule has 0 fully saturated rings. The Balaban J connectivity index is 1.69. The molecule has 0 atom stereocenters. The Morgan fingerprint density at radius 1 is 1.04 bits per heavy atom. The summed E-state index contributed by atoms with van der Waals surface area (Å²) in [7, 11) is 0. The summed E-state index contributed by atoms with van der Waals surface area (Å²) in [4.78, 5) is 17.5. The molecule has 0 unspecified atom stereocenters. The third-order valence-electron chi connectivity index (χ3n) is 3.86. The highest BCUT2D eigenvalue weighted by Crippen LogP contribution is 2.19. The van der Waals surface area contributed by atoms with Crippen LogP contribution >= 0.6 is 11.3 Å². The number of thiazole rings is 1. The molecule has 0 saturated heterocycles. The molecule has 0 saturated carbocycles. The largest absolute Gasteiger partial charge is 0.481 e. The first kappa shape index (κ1) is 17.2. The van der Waals surface area contributed by atoms with E-state index >= 15 is 0 Å². The first-order valence-electron chi connectivity index (χ1n) is 8.20. The second-order valence-electron chi connectivity index (χ2n) is 5.80. The molecule has 25 heavy (non-hydrogen) atoms. The highest BCUT2D eigenvalue weighted by atomic mass is 32.1. The smallest absolute Gasteiger partial charge is 0.309 e. The van der Waals surface area contributed by atoms with Gasteiger partial charge in [0, 0.05) is 30.6 Å². The van der Waals surface area contributed by atoms with Gasteiger partial charge in [0.15, 0.2) is 0 Å². The first-order chi connectivity index (χ1) is 12.2. The average molecular weight is 352 g/mol. The van der Waals surface area contributed by atoms with Gasteiger partial charge in [-0.2, -0.15) is 0 Å². The summed E-state index contributed by atoms with van der Waals surface area (Å²) < 4.78 is 0. The van der Waals surface area contributed by atoms with E-state index in [0.717, 1.165) is 24.5 Å². The molecular weight excluding hydrogens is 332 g/mol. The van der Waals surface area contributed by atoms with E-state index in [0.29, 0.717) is 5.69 Å². The second kappa shape index (κ2) is 8.44. The predicted octanol–water partition coefficient (Wildman–Crippen LogP) is 4.02. The molecule has 0 bridgehead atoms. The topological polar surface area (TPSA) is 53.4 Å². The van der Waals surface area contributed by atoms with Crippen molar-refractivity contribution in [1.82, 2.24) is 4.98 Å². The van der Waals surface area contributed by atoms with E-state index in [2.05, 4.69) is 46.3 Å². The van der Waals surface area contributed by atoms with Crippen molar-refractivity contribution in [3.63, 3.8) is 0 Å². The fraction of sp³-hybridized carbons (Fsp3) is 0.200. The van der Waals surface area contributed by atoms with Crippen LogP contribution in [0, 0.1) is 0 Å². The summed E-state index contributed by atoms with van der Waals surface area (Å²) >= 11 is 1.53. The number of hydrogen-bond donors (Lipinski definition) is 1. The number of hydrogen-bond acceptors (Lipinski definition) is 4. The highest BCUT2D eigenvalue weighted by molar-refractivity contribution is 7.09. The van der Waals surface area contributed by atoms with Crippen molar-refractivity contribution in [1.29, 1.82) is 0 Å². The lowest BCUT2D eigenvalue weighted by atomic mass is 10.2. The summed E-state index contributed by atoms with van der Waals surface area (Å²) in [6.45, 7) is 1.66. The molecule has 128 valence electrons. The van der Waals surface area contributed by atoms with Crippen LogP contribution in [0.1, 0.15) is 16.3 Å². The molecule has 0 radical (unpaired) electrons. The Kier molecular flexibility index (Phi) is 5.80. The molecule has 0 aliphatic rings. The fourth-order valence-electron chi connectivity index (χ4n) is 2.67. The molecule has 0 amide bonds. The van der Waals surface area contributed by atoms with Gasteiger partial charge in [0.2, 0.25) is 0 Å². The quantitative estimate of drug-likeness (QED) is 0.665. The normalized spacial score (nSPS) is 10.6. The van der Waals surface area contributed by atoms with E-state index in [-0.39, 0.29) is 6.42 Å². The molecule has 0 aliphatic heterocycles. The summed E-state index contributed by atoms with van der Waals surface area (Å²) in [5.74, 6) is -0.841. The Morgan fingerprint density at radius 3 is 2.40 bits per heavy atom. The number of carboxylic acids is 1. The zero-order valence-electron chi connectivity index (χ0n) is 13.8. The lowest BCUT2D eigenvalue weighted by Crippen LogP contribution is -2.25. The summed E-state index contributed by atoms with van der Waals surface area (Å²) in [6, 6.07) is 20.7. The molecule has 3 aromatic rings. The molecule has 2 aromatic carbocycles. The summed E-state index contributed by atoms with van der Waals surface area (Å²) in [5, 5.41) is 11.7. The maximum Gasteiger partial charge on any atom is 0.309 e. The lowest BCUT2D eigenvalue weighted by molar-refractivity contribution is -0.136. The van der Waals surface area contributed by atoms with Gasteiger partial charge in [-0.3, -0.25) is 4.79 Å². The minimum absolute atomic E-state index is 0.0110. The van der Waals surface area contributed by atoms with Gasteiger partial charge in [-0.1, -0.05) is 48.5 Å². The predicted molar refractivity (Wildman–Crippen MR) is 101 cm³/mol. The molecule has 1 N–H and O–H groups in total. The minimum Gasteiger partial charge on any atom is -0.481 e. The third-order valence-corrected chi connectivity index (χ3v) is 4.82. The second-order valence-corrected chi connectivity index (χ2v) is 6.74. The van der Waals surface area contributed by atoms with E-state index < -0.39 is 5.97 Å². The number of para-hydroxylation sites is 1. The molecule has 4 nitrogen and oxygen atoms in total. The Morgan fingerprint density at radius 2 is 1.72 bits per heavy atom. The van der Waals surface area contributed by atoms with Crippen LogP contribution in [-0.4, -0.2) is 22.6 Å². The van der Waals surface area contributed by atoms with Crippen molar-refractivity contribution < 1.29 is 9.90 Å². The van der Waals surface area contributed by atoms with Gasteiger partial charge < -0.3 is 10.0 Å². The molecule has 1 heterocycles. The number of anilines is 1. The van der Waals surface area contributed by atoms with Crippen LogP contribution in [-0.2, 0) is 24.2 Å². The van der Waals surface area contributed by atoms with Crippen LogP contribution < -0.4 is 4.90 Å². The number of benzene rings is 2. The van der Waals surface area contributed by atoms with E-state index in [9.17, 15) is 4.79 Å². The zero-order chi connectivity index (χ0) is 17.5. The van der Waals surface area contributed by atoms with Crippen molar-refractivity contribution in [2.45, 2.75) is 19.4 Å². The molecule has 0 spiro atoms. The van der Waals surface area contributed by atoms with Crippen molar-refractivity contribution >= 4 is 23.0 Å². The van der Waals surface area contributed by atoms with Crippen LogP contribution in [0.25, 0.3) is 0 Å². The Bertz CT molecular complexity index is 803. The summed E-state index contributed by atoms with van der Waals surface area (Å²) in [5.41, 5.74) is 3.08. The van der Waals surface area contributed by atoms with E-state index in [1.54, 1.807) is 0 Å². The van der Waals surface area contributed by atoms with E-state index in [1.807, 2.05) is 29.6 Å². The lowest BCUT2D eigenvalue weighted by Gasteiger charge is -2.24. The number of nitrogens with zero attached hydrogens (tertiary/aromatic N) is 2. The monoisotopic (exact) mass is 352 g/mol. The van der Waals surface area contributed by atoms with Gasteiger partial charge in [-0.05, 0) is 17.7 Å². The van der Waals surface area contributed by atoms with E-state index in [4.69, 9.17) is 5.11 Å². The number of carbonyl (C=O) groups is 1. The Labute approximate surface area is 151 Å². The van der Waals surface area contributed by atoms with Crippen LogP contribution in [0.2, 0.25) is 0 Å². The minimum atomic E-state index is -0.841. The number of aromatic nitrogens is 1. The zero-order valence-corrected chi connectivity index (χ0v) is 14.7. The van der Waals surface area contributed by atoms with Crippen LogP contribution in [0.5, 0.6) is 0 Å². The SMILES string of the molecule is O=C(O)Cc1csc(CCN(Cc2ccccc2)c2ccccc2)n1. The molecule has 5 heteroatoms. The molecular formula is C20H20N2O2S. The van der Waals surface area contributed by atoms with Crippen molar-refractivity contribution in [2.24, 2.45) is 0 Å². The van der Waals surface area contributed by atoms with Crippen LogP contribution in [0.4, 0.5) is 5.69 Å². The van der Waals surface area contributed by atoms with Gasteiger partial charge in [0.25, 0.3) is 0 Å². The molecule has 3 rings (SSSR count). The van der Waals surface area contributed by atoms with Crippen molar-refractivity contribution in [3.05, 3.63) is 82.3 Å². The maximum atomic E-state index is 10.8. The Hall–Kier alpha value is -2.66. The summed E-state index contributed by atoms with van der Waals surface area (Å²) in [6.07, 6.45) is 0.787. The number of carboxylic acid groups (broad SMARTS) is 1. The third kappa shape index (κ3) is 5.16. The van der Waals surface area contributed by atoms with Gasteiger partial charge in [0.1, 0.15) is 0 Å². The van der Waals surface area contributed by atoms with E-state index in [1.165, 1.54) is 22.6 Å². The van der Waals surface area contributed by atoms with Gasteiger partial charge >= 0.3 is 5.97 Å². The number of rotatable bonds is 8. The van der Waals surface area contributed by atoms with Crippen molar-refractivity contribution in [3.8, 4) is 0 Å². The molecule has 1 aromatic heterocycles. The highest BCUT2D eigenvalue weighted by Gasteiger charge is 2.10. The number of aliphatic carboxylic acids is 1. The van der Waals surface area contributed by atoms with Crippen LogP contribution in [0.15, 0.2) is 66.0 Å². The van der Waals surface area contributed by atoms with Gasteiger partial charge in [-0.25, -0.2) is 4.98 Å². The maximum absolute atomic E-state index is 10.8. The van der Waals surface area contributed by atoms with Gasteiger partial charge in [-0.15, -0.1) is 11.3 Å². The standard InChI is InChI=1S/C20H20N2O2S/c23-20(24)13-17-15-25-19(21-17)11-12-22(18-9-5-2-6-10-18)14-16-7-3-1-4-8-16/h1-10,15H,11-14H2,(H,23,24). The molecule has 0 aliphatic carbocycles. The van der Waals surface area contributed by atoms with Gasteiger partial charge in [0.05, 0.1) is 17.1 Å². The average Bonchev–Trinajstić information content (AvgIpc) is 3.07. The van der Waals surface area contributed by atoms with Crippen LogP contribution in [0.3, 0.4) is 0 Å². The first-order valence-corrected chi connectivity index (χ1v) is 9.07.